The lowest BCUT2D eigenvalue weighted by atomic mass is 9.68. The van der Waals surface area contributed by atoms with Crippen molar-refractivity contribution in [2.75, 3.05) is 19.2 Å². The molecule has 0 unspecified atom stereocenters. The normalized spacial score (nSPS) is 12.6. The topological polar surface area (TPSA) is 94.3 Å². The first-order chi connectivity index (χ1) is 19.0. The number of hydrogen-bond acceptors (Lipinski definition) is 7. The van der Waals surface area contributed by atoms with Gasteiger partial charge in [-0.2, -0.15) is 0 Å². The van der Waals surface area contributed by atoms with E-state index in [1.165, 1.54) is 7.11 Å². The molecule has 0 radical (unpaired) electrons. The van der Waals surface area contributed by atoms with Crippen molar-refractivity contribution in [2.45, 2.75) is 38.0 Å². The number of rotatable bonds is 11. The van der Waals surface area contributed by atoms with Crippen molar-refractivity contribution < 1.29 is 14.7 Å². The van der Waals surface area contributed by atoms with Crippen LogP contribution in [0.15, 0.2) is 97.3 Å². The Hall–Kier alpha value is -4.11. The molecule has 39 heavy (non-hydrogen) atoms. The molecule has 2 aromatic heterocycles. The Morgan fingerprint density at radius 2 is 1.38 bits per heavy atom. The smallest absolute Gasteiger partial charge is 0.181 e. The second-order valence-corrected chi connectivity index (χ2v) is 9.66. The van der Waals surface area contributed by atoms with Crippen LogP contribution < -0.4 is 5.48 Å². The average molecular weight is 524 g/mol. The summed E-state index contributed by atoms with van der Waals surface area (Å²) in [5, 5.41) is 10.7. The molecular weight excluding hydrogens is 490 g/mol. The minimum absolute atomic E-state index is 0.0221. The van der Waals surface area contributed by atoms with Crippen molar-refractivity contribution in [2.24, 2.45) is 0 Å². The number of ether oxygens (including phenoxy) is 1. The summed E-state index contributed by atoms with van der Waals surface area (Å²) in [5.74, 6) is 0.990. The molecule has 0 spiro atoms. The summed E-state index contributed by atoms with van der Waals surface area (Å²) >= 11 is 0. The van der Waals surface area contributed by atoms with Crippen LogP contribution in [0.3, 0.4) is 0 Å². The quantitative estimate of drug-likeness (QED) is 0.187. The summed E-state index contributed by atoms with van der Waals surface area (Å²) < 4.78 is 7.46. The fourth-order valence-corrected chi connectivity index (χ4v) is 4.95. The van der Waals surface area contributed by atoms with Gasteiger partial charge in [-0.1, -0.05) is 91.0 Å². The molecule has 0 saturated carbocycles. The van der Waals surface area contributed by atoms with E-state index in [4.69, 9.17) is 19.5 Å². The lowest BCUT2D eigenvalue weighted by Gasteiger charge is -2.34. The molecule has 0 aliphatic heterocycles. The van der Waals surface area contributed by atoms with Crippen LogP contribution in [0.4, 0.5) is 5.82 Å². The van der Waals surface area contributed by atoms with Gasteiger partial charge in [-0.15, -0.1) is 0 Å². The zero-order chi connectivity index (χ0) is 27.2. The van der Waals surface area contributed by atoms with Crippen LogP contribution in [0.5, 0.6) is 0 Å². The Balaban J connectivity index is 1.78. The third-order valence-electron chi connectivity index (χ3n) is 6.65. The Morgan fingerprint density at radius 1 is 0.846 bits per heavy atom. The summed E-state index contributed by atoms with van der Waals surface area (Å²) in [6.45, 7) is 4.36. The van der Waals surface area contributed by atoms with Gasteiger partial charge in [0.05, 0.1) is 38.8 Å². The standard InChI is InChI=1S/C31H33N5O3/c1-22(2)39-20-26(37)19-36-21-32-27-28(35-38-3)33-30(34-29(27)36)31(23-13-7-4-8-14-23,24-15-9-5-10-16-24)25-17-11-6-12-18-25/h4-18,21-22,26,37H,19-20H2,1-3H3,(H,33,34,35)/t26-/m0/s1. The van der Waals surface area contributed by atoms with Crippen LogP contribution >= 0.6 is 0 Å². The maximum absolute atomic E-state index is 10.7. The van der Waals surface area contributed by atoms with E-state index in [0.717, 1.165) is 16.7 Å². The zero-order valence-corrected chi connectivity index (χ0v) is 22.4. The molecular formula is C31H33N5O3. The monoisotopic (exact) mass is 523 g/mol. The van der Waals surface area contributed by atoms with Crippen LogP contribution in [0.2, 0.25) is 0 Å². The molecule has 0 bridgehead atoms. The number of anilines is 1. The first-order valence-corrected chi connectivity index (χ1v) is 13.0. The highest BCUT2D eigenvalue weighted by Crippen LogP contribution is 2.44. The molecule has 8 heteroatoms. The second kappa shape index (κ2) is 11.7. The fourth-order valence-electron chi connectivity index (χ4n) is 4.95. The van der Waals surface area contributed by atoms with Crippen LogP contribution in [-0.2, 0) is 21.5 Å². The molecule has 5 aromatic rings. The minimum Gasteiger partial charge on any atom is -0.389 e. The van der Waals surface area contributed by atoms with Crippen LogP contribution in [0, 0.1) is 0 Å². The molecule has 0 amide bonds. The Labute approximate surface area is 228 Å². The lowest BCUT2D eigenvalue weighted by Crippen LogP contribution is -2.33. The summed E-state index contributed by atoms with van der Waals surface area (Å²) in [5.41, 5.74) is 6.23. The van der Waals surface area contributed by atoms with Crippen LogP contribution in [-0.4, -0.2) is 50.6 Å². The highest BCUT2D eigenvalue weighted by Gasteiger charge is 2.42. The van der Waals surface area contributed by atoms with E-state index in [-0.39, 0.29) is 19.3 Å². The van der Waals surface area contributed by atoms with E-state index in [1.54, 1.807) is 6.33 Å². The van der Waals surface area contributed by atoms with E-state index in [9.17, 15) is 5.11 Å². The minimum atomic E-state index is -0.851. The maximum atomic E-state index is 10.7. The zero-order valence-electron chi connectivity index (χ0n) is 22.4. The molecule has 200 valence electrons. The average Bonchev–Trinajstić information content (AvgIpc) is 3.37. The molecule has 2 N–H and O–H groups in total. The van der Waals surface area contributed by atoms with Gasteiger partial charge in [0.2, 0.25) is 0 Å². The van der Waals surface area contributed by atoms with Crippen molar-refractivity contribution in [3.05, 3.63) is 120 Å². The summed E-state index contributed by atoms with van der Waals surface area (Å²) in [6.07, 6.45) is 0.954. The van der Waals surface area contributed by atoms with Gasteiger partial charge in [0, 0.05) is 0 Å². The number of fused-ring (bicyclic) bond motifs is 1. The summed E-state index contributed by atoms with van der Waals surface area (Å²) in [7, 11) is 1.54. The van der Waals surface area contributed by atoms with E-state index < -0.39 is 11.5 Å². The predicted molar refractivity (Wildman–Crippen MR) is 151 cm³/mol. The second-order valence-electron chi connectivity index (χ2n) is 9.66. The molecule has 0 fully saturated rings. The number of aromatic nitrogens is 4. The van der Waals surface area contributed by atoms with E-state index in [0.29, 0.717) is 22.8 Å². The number of hydrogen-bond donors (Lipinski definition) is 2. The third-order valence-corrected chi connectivity index (χ3v) is 6.65. The van der Waals surface area contributed by atoms with Gasteiger partial charge < -0.3 is 14.4 Å². The first kappa shape index (κ1) is 26.5. The Kier molecular flexibility index (Phi) is 7.97. The molecule has 0 aliphatic carbocycles. The van der Waals surface area contributed by atoms with E-state index in [1.807, 2.05) is 73.0 Å². The van der Waals surface area contributed by atoms with Crippen molar-refractivity contribution in [3.8, 4) is 0 Å². The van der Waals surface area contributed by atoms with Crippen LogP contribution in [0.1, 0.15) is 36.4 Å². The molecule has 5 rings (SSSR count). The molecule has 0 saturated heterocycles. The van der Waals surface area contributed by atoms with Crippen molar-refractivity contribution >= 4 is 17.0 Å². The largest absolute Gasteiger partial charge is 0.389 e. The molecule has 1 atom stereocenters. The van der Waals surface area contributed by atoms with Gasteiger partial charge in [-0.3, -0.25) is 4.84 Å². The molecule has 3 aromatic carbocycles. The summed E-state index contributed by atoms with van der Waals surface area (Å²) in [6, 6.07) is 30.8. The van der Waals surface area contributed by atoms with Gasteiger partial charge in [0.15, 0.2) is 22.8 Å². The van der Waals surface area contributed by atoms with E-state index >= 15 is 0 Å². The molecule has 0 aliphatic rings. The van der Waals surface area contributed by atoms with E-state index in [2.05, 4.69) is 46.9 Å². The number of benzene rings is 3. The third kappa shape index (κ3) is 5.27. The van der Waals surface area contributed by atoms with Gasteiger partial charge in [-0.25, -0.2) is 20.4 Å². The maximum Gasteiger partial charge on any atom is 0.181 e. The van der Waals surface area contributed by atoms with Gasteiger partial charge in [0.25, 0.3) is 0 Å². The Bertz CT molecular complexity index is 1390. The summed E-state index contributed by atoms with van der Waals surface area (Å²) in [4.78, 5) is 20.1. The highest BCUT2D eigenvalue weighted by atomic mass is 16.6. The van der Waals surface area contributed by atoms with Crippen molar-refractivity contribution in [3.63, 3.8) is 0 Å². The number of nitrogens with zero attached hydrogens (tertiary/aromatic N) is 4. The van der Waals surface area contributed by atoms with Crippen molar-refractivity contribution in [1.82, 2.24) is 19.5 Å². The van der Waals surface area contributed by atoms with Crippen molar-refractivity contribution in [1.29, 1.82) is 0 Å². The fraction of sp³-hybridized carbons (Fsp3) is 0.258. The molecule has 8 nitrogen and oxygen atoms in total. The lowest BCUT2D eigenvalue weighted by molar-refractivity contribution is -0.000346. The first-order valence-electron chi connectivity index (χ1n) is 13.0. The molecule has 2 heterocycles. The number of aliphatic hydroxyl groups is 1. The van der Waals surface area contributed by atoms with Gasteiger partial charge in [-0.05, 0) is 30.5 Å². The SMILES string of the molecule is CONc1nc(C(c2ccccc2)(c2ccccc2)c2ccccc2)nc2c1ncn2C[C@H](O)COC(C)C. The van der Waals surface area contributed by atoms with Gasteiger partial charge in [0.1, 0.15) is 5.41 Å². The van der Waals surface area contributed by atoms with Gasteiger partial charge >= 0.3 is 0 Å². The number of aliphatic hydroxyl groups excluding tert-OH is 1. The number of imidazole rings is 1. The number of nitrogens with one attached hydrogen (secondary N) is 1. The predicted octanol–water partition coefficient (Wildman–Crippen LogP) is 4.97. The Morgan fingerprint density at radius 3 is 1.87 bits per heavy atom. The van der Waals surface area contributed by atoms with Crippen LogP contribution in [0.25, 0.3) is 11.2 Å². The highest BCUT2D eigenvalue weighted by molar-refractivity contribution is 5.83.